The van der Waals surface area contributed by atoms with Crippen LogP contribution < -0.4 is 0 Å². The molecule has 1 heterocycles. The first kappa shape index (κ1) is 9.92. The summed E-state index contributed by atoms with van der Waals surface area (Å²) < 4.78 is 10.2. The van der Waals surface area contributed by atoms with Gasteiger partial charge in [-0.1, -0.05) is 6.92 Å². The molecule has 0 aromatic carbocycles. The summed E-state index contributed by atoms with van der Waals surface area (Å²) in [4.78, 5) is 0. The number of hydrogen-bond donors (Lipinski definition) is 2. The smallest absolute Gasteiger partial charge is 0.158 e. The molecule has 0 saturated carbocycles. The number of ether oxygens (including phenoxy) is 2. The summed E-state index contributed by atoms with van der Waals surface area (Å²) in [6.45, 7) is 1.76. The van der Waals surface area contributed by atoms with Gasteiger partial charge in [0.05, 0.1) is 12.7 Å². The first-order chi connectivity index (χ1) is 5.69. The normalized spacial score (nSPS) is 43.0. The van der Waals surface area contributed by atoms with E-state index in [4.69, 9.17) is 14.6 Å². The molecule has 1 rings (SSSR count). The highest BCUT2D eigenvalue weighted by molar-refractivity contribution is 4.79. The van der Waals surface area contributed by atoms with Crippen LogP contribution in [0.1, 0.15) is 13.3 Å². The zero-order chi connectivity index (χ0) is 9.14. The van der Waals surface area contributed by atoms with Crippen LogP contribution in [0.5, 0.6) is 0 Å². The molecular weight excluding hydrogens is 160 g/mol. The summed E-state index contributed by atoms with van der Waals surface area (Å²) in [6.07, 6.45) is -0.700. The van der Waals surface area contributed by atoms with E-state index in [-0.39, 0.29) is 18.8 Å². The van der Waals surface area contributed by atoms with Crippen molar-refractivity contribution >= 4 is 0 Å². The Morgan fingerprint density at radius 2 is 2.25 bits per heavy atom. The van der Waals surface area contributed by atoms with Crippen LogP contribution in [0.25, 0.3) is 0 Å². The fraction of sp³-hybridized carbons (Fsp3) is 1.00. The fourth-order valence-corrected chi connectivity index (χ4v) is 1.44. The Labute approximate surface area is 72.1 Å². The van der Waals surface area contributed by atoms with Crippen LogP contribution in [-0.4, -0.2) is 42.4 Å². The van der Waals surface area contributed by atoms with E-state index >= 15 is 0 Å². The summed E-state index contributed by atoms with van der Waals surface area (Å²) in [7, 11) is 1.56. The van der Waals surface area contributed by atoms with Crippen molar-refractivity contribution in [2.24, 2.45) is 5.92 Å². The third kappa shape index (κ3) is 1.95. The Morgan fingerprint density at radius 3 is 2.75 bits per heavy atom. The van der Waals surface area contributed by atoms with E-state index in [2.05, 4.69) is 0 Å². The molecule has 0 bridgehead atoms. The lowest BCUT2D eigenvalue weighted by Gasteiger charge is -2.36. The minimum Gasteiger partial charge on any atom is -0.394 e. The summed E-state index contributed by atoms with van der Waals surface area (Å²) in [5.74, 6) is 0.112. The fourth-order valence-electron chi connectivity index (χ4n) is 1.44. The molecule has 4 nitrogen and oxygen atoms in total. The Balaban J connectivity index is 2.52. The second kappa shape index (κ2) is 4.18. The lowest BCUT2D eigenvalue weighted by atomic mass is 9.93. The van der Waals surface area contributed by atoms with Gasteiger partial charge in [0.1, 0.15) is 6.10 Å². The molecular formula is C8H16O4. The topological polar surface area (TPSA) is 58.9 Å². The molecule has 0 unspecified atom stereocenters. The van der Waals surface area contributed by atoms with Gasteiger partial charge >= 0.3 is 0 Å². The van der Waals surface area contributed by atoms with E-state index in [1.165, 1.54) is 0 Å². The molecule has 1 aliphatic heterocycles. The SMILES string of the molecule is CO[C@H]1C[C@@H](C)[C@@H](O)[C@@H](CO)O1. The van der Waals surface area contributed by atoms with E-state index in [9.17, 15) is 5.11 Å². The van der Waals surface area contributed by atoms with Crippen molar-refractivity contribution in [3.63, 3.8) is 0 Å². The molecule has 12 heavy (non-hydrogen) atoms. The maximum atomic E-state index is 9.51. The number of hydrogen-bond acceptors (Lipinski definition) is 4. The van der Waals surface area contributed by atoms with Gasteiger partial charge < -0.3 is 19.7 Å². The summed E-state index contributed by atoms with van der Waals surface area (Å²) in [5, 5.41) is 18.4. The van der Waals surface area contributed by atoms with Crippen LogP contribution in [-0.2, 0) is 9.47 Å². The minimum atomic E-state index is -0.582. The molecule has 0 aliphatic carbocycles. The van der Waals surface area contributed by atoms with Gasteiger partial charge in [-0.2, -0.15) is 0 Å². The Morgan fingerprint density at radius 1 is 1.58 bits per heavy atom. The predicted molar refractivity (Wildman–Crippen MR) is 42.5 cm³/mol. The largest absolute Gasteiger partial charge is 0.394 e. The second-order valence-corrected chi connectivity index (χ2v) is 3.23. The van der Waals surface area contributed by atoms with Crippen molar-refractivity contribution < 1.29 is 19.7 Å². The molecule has 72 valence electrons. The summed E-state index contributed by atoms with van der Waals surface area (Å²) >= 11 is 0. The number of aliphatic hydroxyl groups is 2. The summed E-state index contributed by atoms with van der Waals surface area (Å²) in [6, 6.07) is 0. The Bertz CT molecular complexity index is 139. The molecule has 0 aromatic rings. The highest BCUT2D eigenvalue weighted by Crippen LogP contribution is 2.25. The lowest BCUT2D eigenvalue weighted by Crippen LogP contribution is -2.46. The highest BCUT2D eigenvalue weighted by atomic mass is 16.7. The van der Waals surface area contributed by atoms with Gasteiger partial charge in [-0.05, 0) is 5.92 Å². The van der Waals surface area contributed by atoms with E-state index in [1.54, 1.807) is 7.11 Å². The third-order valence-electron chi connectivity index (χ3n) is 2.30. The van der Waals surface area contributed by atoms with Crippen molar-refractivity contribution in [1.29, 1.82) is 0 Å². The van der Waals surface area contributed by atoms with E-state index in [0.717, 1.165) is 0 Å². The maximum absolute atomic E-state index is 9.51. The van der Waals surface area contributed by atoms with Crippen molar-refractivity contribution in [3.8, 4) is 0 Å². The van der Waals surface area contributed by atoms with Gasteiger partial charge in [-0.25, -0.2) is 0 Å². The van der Waals surface area contributed by atoms with Gasteiger partial charge in [-0.3, -0.25) is 0 Å². The van der Waals surface area contributed by atoms with Crippen molar-refractivity contribution in [2.45, 2.75) is 31.8 Å². The van der Waals surface area contributed by atoms with Crippen LogP contribution in [0.15, 0.2) is 0 Å². The molecule has 2 N–H and O–H groups in total. The van der Waals surface area contributed by atoms with Crippen LogP contribution in [0.2, 0.25) is 0 Å². The van der Waals surface area contributed by atoms with Gasteiger partial charge in [0.2, 0.25) is 0 Å². The monoisotopic (exact) mass is 176 g/mol. The van der Waals surface area contributed by atoms with Gasteiger partial charge in [0, 0.05) is 13.5 Å². The van der Waals surface area contributed by atoms with Crippen LogP contribution in [0, 0.1) is 5.92 Å². The van der Waals surface area contributed by atoms with Crippen LogP contribution in [0.3, 0.4) is 0 Å². The summed E-state index contributed by atoms with van der Waals surface area (Å²) in [5.41, 5.74) is 0. The lowest BCUT2D eigenvalue weighted by molar-refractivity contribution is -0.234. The third-order valence-corrected chi connectivity index (χ3v) is 2.30. The molecule has 0 spiro atoms. The number of aliphatic hydroxyl groups excluding tert-OH is 2. The highest BCUT2D eigenvalue weighted by Gasteiger charge is 2.34. The molecule has 0 aromatic heterocycles. The van der Waals surface area contributed by atoms with Crippen molar-refractivity contribution in [1.82, 2.24) is 0 Å². The molecule has 4 atom stereocenters. The molecule has 1 saturated heterocycles. The Hall–Kier alpha value is -0.160. The minimum absolute atomic E-state index is 0.112. The van der Waals surface area contributed by atoms with Gasteiger partial charge in [-0.15, -0.1) is 0 Å². The number of methoxy groups -OCH3 is 1. The average molecular weight is 176 g/mol. The number of rotatable bonds is 2. The van der Waals surface area contributed by atoms with E-state index in [0.29, 0.717) is 6.42 Å². The first-order valence-corrected chi connectivity index (χ1v) is 4.16. The standard InChI is InChI=1S/C8H16O4/c1-5-3-7(11-2)12-6(4-9)8(5)10/h5-10H,3-4H2,1-2H3/t5-,6-,7-,8-/m1/s1. The molecule has 0 amide bonds. The first-order valence-electron chi connectivity index (χ1n) is 4.16. The van der Waals surface area contributed by atoms with E-state index < -0.39 is 12.2 Å². The zero-order valence-electron chi connectivity index (χ0n) is 7.43. The molecule has 0 radical (unpaired) electrons. The molecule has 4 heteroatoms. The average Bonchev–Trinajstić information content (AvgIpc) is 2.09. The maximum Gasteiger partial charge on any atom is 0.158 e. The van der Waals surface area contributed by atoms with Gasteiger partial charge in [0.25, 0.3) is 0 Å². The van der Waals surface area contributed by atoms with E-state index in [1.807, 2.05) is 6.92 Å². The second-order valence-electron chi connectivity index (χ2n) is 3.23. The predicted octanol–water partition coefficient (Wildman–Crippen LogP) is -0.263. The van der Waals surface area contributed by atoms with Crippen molar-refractivity contribution in [2.75, 3.05) is 13.7 Å². The van der Waals surface area contributed by atoms with Crippen LogP contribution in [0.4, 0.5) is 0 Å². The quantitative estimate of drug-likeness (QED) is 0.608. The molecule has 1 fully saturated rings. The van der Waals surface area contributed by atoms with Crippen molar-refractivity contribution in [3.05, 3.63) is 0 Å². The zero-order valence-corrected chi connectivity index (χ0v) is 7.43. The Kier molecular flexibility index (Phi) is 3.46. The van der Waals surface area contributed by atoms with Crippen LogP contribution >= 0.6 is 0 Å². The molecule has 1 aliphatic rings. The van der Waals surface area contributed by atoms with Gasteiger partial charge in [0.15, 0.2) is 6.29 Å².